The first-order chi connectivity index (χ1) is 12.1. The highest BCUT2D eigenvalue weighted by Crippen LogP contribution is 2.36. The topological polar surface area (TPSA) is 140 Å². The number of fused-ring (bicyclic) bond motifs is 1. The van der Waals surface area contributed by atoms with E-state index in [2.05, 4.69) is 15.0 Å². The summed E-state index contributed by atoms with van der Waals surface area (Å²) in [6.45, 7) is -0.282. The summed E-state index contributed by atoms with van der Waals surface area (Å²) >= 11 is 0. The summed E-state index contributed by atoms with van der Waals surface area (Å²) in [4.78, 5) is 12.8. The van der Waals surface area contributed by atoms with Gasteiger partial charge in [0.15, 0.2) is 17.0 Å². The third kappa shape index (κ3) is 2.58. The second-order valence-electron chi connectivity index (χ2n) is 5.90. The van der Waals surface area contributed by atoms with E-state index < -0.39 is 18.4 Å². The summed E-state index contributed by atoms with van der Waals surface area (Å²) in [6.07, 6.45) is -0.402. The third-order valence-corrected chi connectivity index (χ3v) is 4.30. The molecule has 9 nitrogen and oxygen atoms in total. The third-order valence-electron chi connectivity index (χ3n) is 4.30. The van der Waals surface area contributed by atoms with E-state index in [1.54, 1.807) is 28.8 Å². The number of hydrogen-bond donors (Lipinski definition) is 4. The molecular weight excluding hydrogens is 326 g/mol. The molecular formula is C16H17N5O4. The predicted octanol–water partition coefficient (Wildman–Crippen LogP) is 0.422. The van der Waals surface area contributed by atoms with Crippen molar-refractivity contribution >= 4 is 17.0 Å². The van der Waals surface area contributed by atoms with Gasteiger partial charge in [-0.3, -0.25) is 4.57 Å². The molecule has 0 saturated carbocycles. The second kappa shape index (κ2) is 5.96. The molecule has 2 aromatic heterocycles. The summed E-state index contributed by atoms with van der Waals surface area (Å²) in [5.74, 6) is 0.901. The van der Waals surface area contributed by atoms with E-state index in [0.717, 1.165) is 5.56 Å². The maximum Gasteiger partial charge on any atom is 0.168 e. The Bertz CT molecular complexity index is 911. The van der Waals surface area contributed by atoms with E-state index in [1.807, 2.05) is 0 Å². The molecule has 5 N–H and O–H groups in total. The summed E-state index contributed by atoms with van der Waals surface area (Å²) in [5, 5.41) is 28.9. The Morgan fingerprint density at radius 2 is 2.00 bits per heavy atom. The van der Waals surface area contributed by atoms with Gasteiger partial charge >= 0.3 is 0 Å². The van der Waals surface area contributed by atoms with Crippen LogP contribution in [0.25, 0.3) is 22.6 Å². The minimum absolute atomic E-state index is 0.138. The first-order valence-corrected chi connectivity index (χ1v) is 7.80. The van der Waals surface area contributed by atoms with Crippen molar-refractivity contribution in [1.29, 1.82) is 0 Å². The first kappa shape index (κ1) is 15.8. The minimum Gasteiger partial charge on any atom is -0.508 e. The van der Waals surface area contributed by atoms with Gasteiger partial charge < -0.3 is 25.8 Å². The van der Waals surface area contributed by atoms with Gasteiger partial charge in [0.05, 0.1) is 12.7 Å². The van der Waals surface area contributed by atoms with Crippen LogP contribution in [0.3, 0.4) is 0 Å². The molecule has 0 unspecified atom stereocenters. The highest BCUT2D eigenvalue weighted by molar-refractivity contribution is 5.85. The number of hydrogen-bond acceptors (Lipinski definition) is 8. The first-order valence-electron chi connectivity index (χ1n) is 7.80. The number of anilines is 1. The van der Waals surface area contributed by atoms with Gasteiger partial charge in [-0.05, 0) is 24.3 Å². The molecule has 0 spiro atoms. The van der Waals surface area contributed by atoms with Gasteiger partial charge in [0, 0.05) is 12.0 Å². The summed E-state index contributed by atoms with van der Waals surface area (Å²) in [6, 6.07) is 6.53. The van der Waals surface area contributed by atoms with E-state index in [0.29, 0.717) is 17.0 Å². The Hall–Kier alpha value is -2.75. The van der Waals surface area contributed by atoms with E-state index in [-0.39, 0.29) is 24.6 Å². The van der Waals surface area contributed by atoms with Crippen molar-refractivity contribution in [2.24, 2.45) is 0 Å². The van der Waals surface area contributed by atoms with E-state index in [1.165, 1.54) is 6.33 Å². The average molecular weight is 343 g/mol. The molecule has 3 aromatic rings. The molecule has 1 fully saturated rings. The fraction of sp³-hybridized carbons (Fsp3) is 0.312. The lowest BCUT2D eigenvalue weighted by atomic mass is 10.1. The summed E-state index contributed by atoms with van der Waals surface area (Å²) in [5.41, 5.74) is 7.55. The fourth-order valence-electron chi connectivity index (χ4n) is 3.05. The van der Waals surface area contributed by atoms with Crippen LogP contribution in [0, 0.1) is 0 Å². The van der Waals surface area contributed by atoms with Crippen LogP contribution in [0.15, 0.2) is 30.6 Å². The van der Waals surface area contributed by atoms with E-state index in [4.69, 9.17) is 10.5 Å². The number of phenolic OH excluding ortho intramolecular Hbond substituents is 1. The number of aromatic nitrogens is 4. The standard InChI is InChI=1S/C16H17N5O4/c17-14-13-16(19-7-18-14)21(12-5-10(24)11(6-22)25-12)15(20-13)8-1-3-9(23)4-2-8/h1-4,7,10-12,22-24H,5-6H2,(H2,17,18,19)/t10-,11+,12+/m0/s1. The molecule has 4 rings (SSSR count). The molecule has 0 radical (unpaired) electrons. The fourth-order valence-corrected chi connectivity index (χ4v) is 3.05. The van der Waals surface area contributed by atoms with Crippen molar-refractivity contribution in [3.63, 3.8) is 0 Å². The lowest BCUT2D eigenvalue weighted by Gasteiger charge is -2.16. The van der Waals surface area contributed by atoms with Crippen LogP contribution in [0.1, 0.15) is 12.6 Å². The normalized spacial score (nSPS) is 23.4. The molecule has 1 aliphatic rings. The molecule has 130 valence electrons. The van der Waals surface area contributed by atoms with Crippen LogP contribution in [0.2, 0.25) is 0 Å². The van der Waals surface area contributed by atoms with Gasteiger partial charge in [-0.1, -0.05) is 0 Å². The molecule has 1 aliphatic heterocycles. The Kier molecular flexibility index (Phi) is 3.75. The smallest absolute Gasteiger partial charge is 0.168 e. The van der Waals surface area contributed by atoms with Crippen molar-refractivity contribution < 1.29 is 20.1 Å². The number of imidazole rings is 1. The number of rotatable bonds is 3. The van der Waals surface area contributed by atoms with Gasteiger partial charge in [0.25, 0.3) is 0 Å². The van der Waals surface area contributed by atoms with Crippen molar-refractivity contribution in [3.8, 4) is 17.1 Å². The van der Waals surface area contributed by atoms with Crippen molar-refractivity contribution in [2.75, 3.05) is 12.3 Å². The van der Waals surface area contributed by atoms with Gasteiger partial charge in [-0.2, -0.15) is 0 Å². The molecule has 1 aromatic carbocycles. The van der Waals surface area contributed by atoms with Gasteiger partial charge in [0.2, 0.25) is 0 Å². The number of nitrogens with two attached hydrogens (primary N) is 1. The van der Waals surface area contributed by atoms with E-state index in [9.17, 15) is 15.3 Å². The molecule has 0 aliphatic carbocycles. The monoisotopic (exact) mass is 343 g/mol. The molecule has 0 amide bonds. The number of ether oxygens (including phenoxy) is 1. The Labute approximate surface area is 142 Å². The number of aliphatic hydroxyl groups is 2. The maximum atomic E-state index is 10.1. The average Bonchev–Trinajstić information content (AvgIpc) is 3.16. The van der Waals surface area contributed by atoms with Gasteiger partial charge in [0.1, 0.15) is 30.2 Å². The van der Waals surface area contributed by atoms with Crippen LogP contribution in [0.4, 0.5) is 5.82 Å². The molecule has 9 heteroatoms. The van der Waals surface area contributed by atoms with Crippen LogP contribution < -0.4 is 5.73 Å². The molecule has 25 heavy (non-hydrogen) atoms. The number of aromatic hydroxyl groups is 1. The van der Waals surface area contributed by atoms with Gasteiger partial charge in [-0.15, -0.1) is 0 Å². The number of phenols is 1. The predicted molar refractivity (Wildman–Crippen MR) is 88.5 cm³/mol. The maximum absolute atomic E-state index is 10.1. The highest BCUT2D eigenvalue weighted by Gasteiger charge is 2.37. The Balaban J connectivity index is 1.90. The zero-order valence-electron chi connectivity index (χ0n) is 13.1. The summed E-state index contributed by atoms with van der Waals surface area (Å²) in [7, 11) is 0. The molecule has 3 atom stereocenters. The zero-order chi connectivity index (χ0) is 17.6. The second-order valence-corrected chi connectivity index (χ2v) is 5.90. The number of benzene rings is 1. The number of aliphatic hydroxyl groups excluding tert-OH is 2. The molecule has 0 bridgehead atoms. The van der Waals surface area contributed by atoms with Crippen molar-refractivity contribution in [2.45, 2.75) is 24.9 Å². The minimum atomic E-state index is -0.792. The van der Waals surface area contributed by atoms with Gasteiger partial charge in [-0.25, -0.2) is 15.0 Å². The van der Waals surface area contributed by atoms with Crippen LogP contribution in [-0.4, -0.2) is 53.7 Å². The van der Waals surface area contributed by atoms with Crippen molar-refractivity contribution in [1.82, 2.24) is 19.5 Å². The SMILES string of the molecule is Nc1ncnc2c1nc(-c1ccc(O)cc1)n2[C@H]1C[C@H](O)[C@@H](CO)O1. The lowest BCUT2D eigenvalue weighted by molar-refractivity contribution is -0.0426. The Morgan fingerprint density at radius 1 is 1.24 bits per heavy atom. The Morgan fingerprint density at radius 3 is 2.68 bits per heavy atom. The lowest BCUT2D eigenvalue weighted by Crippen LogP contribution is -2.24. The van der Waals surface area contributed by atoms with Crippen LogP contribution >= 0.6 is 0 Å². The van der Waals surface area contributed by atoms with Crippen LogP contribution in [-0.2, 0) is 4.74 Å². The largest absolute Gasteiger partial charge is 0.508 e. The summed E-state index contributed by atoms with van der Waals surface area (Å²) < 4.78 is 7.51. The number of nitrogen functional groups attached to an aromatic ring is 1. The van der Waals surface area contributed by atoms with Crippen LogP contribution in [0.5, 0.6) is 5.75 Å². The molecule has 1 saturated heterocycles. The van der Waals surface area contributed by atoms with E-state index >= 15 is 0 Å². The highest BCUT2D eigenvalue weighted by atomic mass is 16.5. The number of nitrogens with zero attached hydrogens (tertiary/aromatic N) is 4. The molecule has 3 heterocycles. The van der Waals surface area contributed by atoms with Crippen molar-refractivity contribution in [3.05, 3.63) is 30.6 Å². The quantitative estimate of drug-likeness (QED) is 0.536. The zero-order valence-corrected chi connectivity index (χ0v) is 13.1.